The Labute approximate surface area is 219 Å². The van der Waals surface area contributed by atoms with Gasteiger partial charge >= 0.3 is 13.6 Å². The molecule has 0 radical (unpaired) electrons. The first kappa shape index (κ1) is 28.0. The third-order valence-corrected chi connectivity index (χ3v) is 6.63. The number of halogens is 1. The highest BCUT2D eigenvalue weighted by atomic mass is 35.5. The number of fused-ring (bicyclic) bond motifs is 1. The smallest absolute Gasteiger partial charge is 0.365 e. The Balaban J connectivity index is 1.55. The molecular weight excluding hydrogens is 549 g/mol. The van der Waals surface area contributed by atoms with E-state index in [-0.39, 0.29) is 28.9 Å². The molecule has 4 rings (SSSR count). The van der Waals surface area contributed by atoms with Gasteiger partial charge in [-0.05, 0) is 30.7 Å². The van der Waals surface area contributed by atoms with E-state index in [1.54, 1.807) is 30.3 Å². The number of carbonyl (C=O) groups excluding carboxylic acids is 2. The summed E-state index contributed by atoms with van der Waals surface area (Å²) >= 11 is 6.06. The molecule has 3 aromatic rings. The van der Waals surface area contributed by atoms with E-state index >= 15 is 0 Å². The molecular formula is C21H23ClN5O10P. The Kier molecular flexibility index (Phi) is 8.40. The van der Waals surface area contributed by atoms with Gasteiger partial charge in [0.25, 0.3) is 11.8 Å². The topological polar surface area (TPSA) is 215 Å². The summed E-state index contributed by atoms with van der Waals surface area (Å²) in [5.74, 6) is -4.03. The number of ether oxygens (including phenoxy) is 3. The fourth-order valence-electron chi connectivity index (χ4n) is 3.73. The van der Waals surface area contributed by atoms with E-state index < -0.39 is 56.5 Å². The van der Waals surface area contributed by atoms with Crippen LogP contribution in [0.3, 0.4) is 0 Å². The van der Waals surface area contributed by atoms with Gasteiger partial charge < -0.3 is 39.5 Å². The van der Waals surface area contributed by atoms with Crippen LogP contribution in [0.2, 0.25) is 5.28 Å². The molecule has 1 aliphatic heterocycles. The lowest BCUT2D eigenvalue weighted by Crippen LogP contribution is -2.36. The van der Waals surface area contributed by atoms with Gasteiger partial charge in [-0.3, -0.25) is 13.9 Å². The van der Waals surface area contributed by atoms with Crippen molar-refractivity contribution in [1.29, 1.82) is 0 Å². The molecule has 0 aliphatic carbocycles. The van der Waals surface area contributed by atoms with Crippen molar-refractivity contribution < 1.29 is 48.4 Å². The van der Waals surface area contributed by atoms with Crippen LogP contribution in [0.15, 0.2) is 36.7 Å². The van der Waals surface area contributed by atoms with Crippen molar-refractivity contribution in [1.82, 2.24) is 19.5 Å². The van der Waals surface area contributed by atoms with Crippen LogP contribution in [0.4, 0.5) is 5.82 Å². The number of imidazole rings is 1. The Morgan fingerprint density at radius 3 is 2.58 bits per heavy atom. The number of esters is 1. The number of rotatable bonds is 9. The van der Waals surface area contributed by atoms with Crippen LogP contribution in [-0.4, -0.2) is 88.8 Å². The van der Waals surface area contributed by atoms with E-state index in [0.717, 1.165) is 0 Å². The van der Waals surface area contributed by atoms with Crippen LogP contribution < -0.4 is 5.32 Å². The summed E-state index contributed by atoms with van der Waals surface area (Å²) in [7, 11) is -5.07. The second-order valence-electron chi connectivity index (χ2n) is 8.06. The minimum absolute atomic E-state index is 0.0144. The quantitative estimate of drug-likeness (QED) is 0.134. The molecule has 1 amide bonds. The SMILES string of the molecule is CCOC(=O)[C@@H](OC[C@H]1O[C@@H](n2cnc3c(NC(=O)c4ccccc4)nc(Cl)nc32)[C@H](O)[C@H]1O)P(=O)(O)O. The predicted molar refractivity (Wildman–Crippen MR) is 129 cm³/mol. The van der Waals surface area contributed by atoms with Gasteiger partial charge in [0.1, 0.15) is 18.3 Å². The van der Waals surface area contributed by atoms with Crippen LogP contribution in [0, 0.1) is 0 Å². The van der Waals surface area contributed by atoms with Crippen molar-refractivity contribution in [3.63, 3.8) is 0 Å². The summed E-state index contributed by atoms with van der Waals surface area (Å²) in [4.78, 5) is 55.7. The average molecular weight is 572 g/mol. The zero-order valence-electron chi connectivity index (χ0n) is 19.6. The second kappa shape index (κ2) is 11.4. The predicted octanol–water partition coefficient (Wildman–Crippen LogP) is 0.435. The van der Waals surface area contributed by atoms with Crippen molar-refractivity contribution in [2.45, 2.75) is 37.3 Å². The van der Waals surface area contributed by atoms with Gasteiger partial charge in [-0.25, -0.2) is 9.78 Å². The molecule has 1 fully saturated rings. The molecule has 0 unspecified atom stereocenters. The van der Waals surface area contributed by atoms with Crippen LogP contribution in [0.5, 0.6) is 0 Å². The number of carbonyl (C=O) groups is 2. The highest BCUT2D eigenvalue weighted by Gasteiger charge is 2.46. The van der Waals surface area contributed by atoms with E-state index in [1.165, 1.54) is 17.8 Å². The molecule has 0 saturated carbocycles. The molecule has 5 N–H and O–H groups in total. The summed E-state index contributed by atoms with van der Waals surface area (Å²) < 4.78 is 28.3. The van der Waals surface area contributed by atoms with E-state index in [2.05, 4.69) is 25.0 Å². The summed E-state index contributed by atoms with van der Waals surface area (Å²) in [6.07, 6.45) is -4.57. The second-order valence-corrected chi connectivity index (χ2v) is 10.0. The number of amides is 1. The number of anilines is 1. The first-order chi connectivity index (χ1) is 18.0. The number of hydrogen-bond acceptors (Lipinski definition) is 11. The maximum atomic E-state index is 12.6. The van der Waals surface area contributed by atoms with Crippen molar-refractivity contribution >= 4 is 48.1 Å². The van der Waals surface area contributed by atoms with Gasteiger partial charge in [0.05, 0.1) is 19.5 Å². The summed E-state index contributed by atoms with van der Waals surface area (Å²) in [6.45, 7) is 0.626. The Morgan fingerprint density at radius 1 is 1.21 bits per heavy atom. The maximum Gasteiger partial charge on any atom is 0.365 e. The lowest BCUT2D eigenvalue weighted by atomic mass is 10.1. The third kappa shape index (κ3) is 5.85. The van der Waals surface area contributed by atoms with Gasteiger partial charge in [0, 0.05) is 5.56 Å². The molecule has 0 bridgehead atoms. The fraction of sp³-hybridized carbons (Fsp3) is 0.381. The Morgan fingerprint density at radius 2 is 1.92 bits per heavy atom. The van der Waals surface area contributed by atoms with Crippen LogP contribution in [0.1, 0.15) is 23.5 Å². The highest BCUT2D eigenvalue weighted by Crippen LogP contribution is 2.43. The maximum absolute atomic E-state index is 12.6. The van der Waals surface area contributed by atoms with Crippen molar-refractivity contribution in [2.24, 2.45) is 0 Å². The fourth-order valence-corrected chi connectivity index (χ4v) is 4.53. The zero-order chi connectivity index (χ0) is 27.6. The Hall–Kier alpha value is -3.01. The molecule has 0 spiro atoms. The van der Waals surface area contributed by atoms with E-state index in [4.69, 9.17) is 21.1 Å². The number of aromatic nitrogens is 4. The van der Waals surface area contributed by atoms with Crippen LogP contribution >= 0.6 is 19.2 Å². The summed E-state index contributed by atoms with van der Waals surface area (Å²) in [5, 5.41) is 23.5. The highest BCUT2D eigenvalue weighted by molar-refractivity contribution is 7.53. The molecule has 204 valence electrons. The van der Waals surface area contributed by atoms with Crippen molar-refractivity contribution in [2.75, 3.05) is 18.5 Å². The normalized spacial score (nSPS) is 22.4. The number of hydrogen-bond donors (Lipinski definition) is 5. The van der Waals surface area contributed by atoms with E-state index in [9.17, 15) is 34.2 Å². The molecule has 5 atom stereocenters. The van der Waals surface area contributed by atoms with Crippen LogP contribution in [-0.2, 0) is 23.6 Å². The minimum Gasteiger partial charge on any atom is -0.464 e. The molecule has 2 aromatic heterocycles. The van der Waals surface area contributed by atoms with Gasteiger partial charge in [-0.2, -0.15) is 9.97 Å². The van der Waals surface area contributed by atoms with Crippen LogP contribution in [0.25, 0.3) is 11.2 Å². The summed E-state index contributed by atoms with van der Waals surface area (Å²) in [6, 6.07) is 8.32. The van der Waals surface area contributed by atoms with Gasteiger partial charge in [-0.15, -0.1) is 0 Å². The standard InChI is InChI=1S/C21H23ClN5O10P/c1-2-35-19(31)20(38(32,33)34)36-8-11-13(28)14(29)18(37-11)27-9-23-12-15(25-21(22)26-16(12)27)24-17(30)10-6-4-3-5-7-10/h3-7,9,11,13-14,18,20,28-29H,2,8H2,1H3,(H2,32,33,34)(H,24,25,26,30)/t11-,13+,14-,18-,20+/m1/s1. The number of aliphatic hydroxyl groups excluding tert-OH is 2. The minimum atomic E-state index is -5.07. The lowest BCUT2D eigenvalue weighted by molar-refractivity contribution is -0.155. The number of nitrogens with one attached hydrogen (secondary N) is 1. The molecule has 17 heteroatoms. The van der Waals surface area contributed by atoms with E-state index in [1.807, 2.05) is 0 Å². The van der Waals surface area contributed by atoms with Gasteiger partial charge in [0.15, 0.2) is 23.2 Å². The van der Waals surface area contributed by atoms with Crippen molar-refractivity contribution in [3.8, 4) is 0 Å². The van der Waals surface area contributed by atoms with Gasteiger partial charge in [0.2, 0.25) is 5.28 Å². The van der Waals surface area contributed by atoms with Gasteiger partial charge in [-0.1, -0.05) is 18.2 Å². The monoisotopic (exact) mass is 571 g/mol. The number of benzene rings is 1. The number of nitrogens with zero attached hydrogens (tertiary/aromatic N) is 4. The van der Waals surface area contributed by atoms with Crippen molar-refractivity contribution in [3.05, 3.63) is 47.5 Å². The van der Waals surface area contributed by atoms with E-state index in [0.29, 0.717) is 5.56 Å². The molecule has 1 aliphatic rings. The molecule has 38 heavy (non-hydrogen) atoms. The molecule has 3 heterocycles. The molecule has 15 nitrogen and oxygen atoms in total. The zero-order valence-corrected chi connectivity index (χ0v) is 21.3. The average Bonchev–Trinajstić information content (AvgIpc) is 3.40. The molecule has 1 saturated heterocycles. The third-order valence-electron chi connectivity index (χ3n) is 5.49. The Bertz CT molecular complexity index is 1370. The largest absolute Gasteiger partial charge is 0.464 e. The molecule has 1 aromatic carbocycles. The number of aliphatic hydroxyl groups is 2. The lowest BCUT2D eigenvalue weighted by Gasteiger charge is -2.20. The first-order valence-electron chi connectivity index (χ1n) is 11.1. The summed E-state index contributed by atoms with van der Waals surface area (Å²) in [5.41, 5.74) is 0.505. The first-order valence-corrected chi connectivity index (χ1v) is 13.2.